The lowest BCUT2D eigenvalue weighted by atomic mass is 10.0. The first-order valence-corrected chi connectivity index (χ1v) is 6.81. The lowest BCUT2D eigenvalue weighted by molar-refractivity contribution is 0.480. The minimum absolute atomic E-state index is 0.361. The van der Waals surface area contributed by atoms with E-state index >= 15 is 0 Å². The molecule has 0 bridgehead atoms. The first kappa shape index (κ1) is 8.82. The molecule has 0 spiro atoms. The highest BCUT2D eigenvalue weighted by Crippen LogP contribution is 2.56. The quantitative estimate of drug-likeness (QED) is 0.653. The Labute approximate surface area is 77.7 Å². The molecule has 0 aromatic heterocycles. The molecule has 2 nitrogen and oxygen atoms in total. The second-order valence-corrected chi connectivity index (χ2v) is 6.89. The molecule has 2 fully saturated rings. The minimum atomic E-state index is -3.30. The Balaban J connectivity index is 2.21. The molecule has 2 saturated carbocycles. The van der Waals surface area contributed by atoms with Crippen LogP contribution in [0.15, 0.2) is 0 Å². The molecule has 2 aliphatic rings. The van der Waals surface area contributed by atoms with E-state index in [-0.39, 0.29) is 0 Å². The van der Waals surface area contributed by atoms with Crippen molar-refractivity contribution in [2.75, 3.05) is 0 Å². The van der Waals surface area contributed by atoms with Gasteiger partial charge in [0.05, 0.1) is 4.75 Å². The molecule has 12 heavy (non-hydrogen) atoms. The molecule has 0 amide bonds. The summed E-state index contributed by atoms with van der Waals surface area (Å²) in [4.78, 5) is 0. The Morgan fingerprint density at radius 1 is 1.17 bits per heavy atom. The van der Waals surface area contributed by atoms with Crippen molar-refractivity contribution in [3.05, 3.63) is 0 Å². The smallest absolute Gasteiger partial charge is 0.212 e. The zero-order valence-electron chi connectivity index (χ0n) is 6.92. The van der Waals surface area contributed by atoms with Crippen LogP contribution in [-0.2, 0) is 9.05 Å². The number of hydrogen-bond donors (Lipinski definition) is 0. The fraction of sp³-hybridized carbons (Fsp3) is 1.00. The maximum Gasteiger partial charge on any atom is 0.238 e. The van der Waals surface area contributed by atoms with E-state index in [0.717, 1.165) is 25.7 Å². The first-order valence-electron chi connectivity index (χ1n) is 4.50. The van der Waals surface area contributed by atoms with E-state index < -0.39 is 13.8 Å². The predicted molar refractivity (Wildman–Crippen MR) is 48.7 cm³/mol. The summed E-state index contributed by atoms with van der Waals surface area (Å²) in [5.74, 6) is 0.361. The van der Waals surface area contributed by atoms with Crippen LogP contribution in [0.4, 0.5) is 0 Å². The topological polar surface area (TPSA) is 34.1 Å². The van der Waals surface area contributed by atoms with Crippen molar-refractivity contribution in [2.24, 2.45) is 5.92 Å². The zero-order valence-corrected chi connectivity index (χ0v) is 8.50. The molecule has 0 aliphatic heterocycles. The van der Waals surface area contributed by atoms with Crippen molar-refractivity contribution in [2.45, 2.75) is 43.3 Å². The van der Waals surface area contributed by atoms with Crippen molar-refractivity contribution in [1.82, 2.24) is 0 Å². The summed E-state index contributed by atoms with van der Waals surface area (Å²) in [6.07, 6.45) is 6.07. The fourth-order valence-electron chi connectivity index (χ4n) is 2.43. The van der Waals surface area contributed by atoms with E-state index in [1.54, 1.807) is 0 Å². The molecule has 0 saturated heterocycles. The maximum atomic E-state index is 11.3. The third-order valence-electron chi connectivity index (χ3n) is 3.33. The van der Waals surface area contributed by atoms with Crippen LogP contribution in [0.2, 0.25) is 0 Å². The van der Waals surface area contributed by atoms with Crippen molar-refractivity contribution < 1.29 is 8.42 Å². The van der Waals surface area contributed by atoms with Gasteiger partial charge in [0.15, 0.2) is 0 Å². The molecular weight excluding hydrogens is 196 g/mol. The van der Waals surface area contributed by atoms with Crippen molar-refractivity contribution >= 4 is 19.7 Å². The van der Waals surface area contributed by atoms with Gasteiger partial charge in [-0.15, -0.1) is 0 Å². The lowest BCUT2D eigenvalue weighted by Gasteiger charge is -2.18. The molecule has 2 aliphatic carbocycles. The molecule has 2 rings (SSSR count). The van der Waals surface area contributed by atoms with Gasteiger partial charge in [-0.3, -0.25) is 0 Å². The molecule has 0 radical (unpaired) electrons. The normalized spacial score (nSPS) is 29.1. The zero-order chi connectivity index (χ0) is 8.82. The largest absolute Gasteiger partial charge is 0.238 e. The van der Waals surface area contributed by atoms with Gasteiger partial charge >= 0.3 is 0 Å². The number of rotatable bonds is 2. The summed E-state index contributed by atoms with van der Waals surface area (Å²) < 4.78 is 22.0. The van der Waals surface area contributed by atoms with E-state index in [2.05, 4.69) is 0 Å². The maximum absolute atomic E-state index is 11.3. The summed E-state index contributed by atoms with van der Waals surface area (Å²) in [7, 11) is 2.14. The average Bonchev–Trinajstić information content (AvgIpc) is 2.61. The van der Waals surface area contributed by atoms with Gasteiger partial charge in [-0.2, -0.15) is 0 Å². The van der Waals surface area contributed by atoms with Gasteiger partial charge in [0, 0.05) is 10.7 Å². The summed E-state index contributed by atoms with van der Waals surface area (Å²) in [5.41, 5.74) is 0. The molecule has 4 heteroatoms. The van der Waals surface area contributed by atoms with Gasteiger partial charge in [-0.1, -0.05) is 12.8 Å². The van der Waals surface area contributed by atoms with Crippen molar-refractivity contribution in [3.63, 3.8) is 0 Å². The van der Waals surface area contributed by atoms with E-state index in [9.17, 15) is 8.42 Å². The minimum Gasteiger partial charge on any atom is -0.212 e. The van der Waals surface area contributed by atoms with Crippen molar-refractivity contribution in [3.8, 4) is 0 Å². The van der Waals surface area contributed by atoms with Gasteiger partial charge < -0.3 is 0 Å². The standard InChI is InChI=1S/C8H13ClO2S/c9-12(10,11)8(5-6-8)7-3-1-2-4-7/h7H,1-6H2. The van der Waals surface area contributed by atoms with Crippen LogP contribution in [0.25, 0.3) is 0 Å². The van der Waals surface area contributed by atoms with E-state index in [4.69, 9.17) is 10.7 Å². The van der Waals surface area contributed by atoms with Crippen LogP contribution < -0.4 is 0 Å². The van der Waals surface area contributed by atoms with Crippen LogP contribution in [-0.4, -0.2) is 13.2 Å². The number of halogens is 1. The Kier molecular flexibility index (Phi) is 1.92. The molecule has 70 valence electrons. The predicted octanol–water partition coefficient (Wildman–Crippen LogP) is 2.28. The Morgan fingerprint density at radius 2 is 1.67 bits per heavy atom. The highest BCUT2D eigenvalue weighted by Gasteiger charge is 2.59. The fourth-order valence-corrected chi connectivity index (χ4v) is 4.49. The van der Waals surface area contributed by atoms with Crippen LogP contribution in [0.5, 0.6) is 0 Å². The summed E-state index contributed by atoms with van der Waals surface area (Å²) in [5, 5.41) is 0. The second-order valence-electron chi connectivity index (χ2n) is 3.98. The third kappa shape index (κ3) is 1.18. The molecule has 0 atom stereocenters. The Hall–Kier alpha value is 0.240. The van der Waals surface area contributed by atoms with Crippen LogP contribution in [0.3, 0.4) is 0 Å². The van der Waals surface area contributed by atoms with Crippen LogP contribution in [0.1, 0.15) is 38.5 Å². The molecular formula is C8H13ClO2S. The SMILES string of the molecule is O=S(=O)(Cl)C1(C2CCCC2)CC1. The van der Waals surface area contributed by atoms with Gasteiger partial charge in [-0.05, 0) is 31.6 Å². The van der Waals surface area contributed by atoms with Crippen LogP contribution >= 0.6 is 10.7 Å². The Bertz CT molecular complexity index is 273. The molecule has 0 heterocycles. The second kappa shape index (κ2) is 2.61. The van der Waals surface area contributed by atoms with E-state index in [1.807, 2.05) is 0 Å². The van der Waals surface area contributed by atoms with Gasteiger partial charge in [-0.25, -0.2) is 8.42 Å². The molecule has 0 aromatic rings. The molecule has 0 aromatic carbocycles. The average molecular weight is 209 g/mol. The molecule has 0 N–H and O–H groups in total. The van der Waals surface area contributed by atoms with Crippen LogP contribution in [0, 0.1) is 5.92 Å². The summed E-state index contributed by atoms with van der Waals surface area (Å²) in [6, 6.07) is 0. The van der Waals surface area contributed by atoms with Gasteiger partial charge in [0.2, 0.25) is 9.05 Å². The lowest BCUT2D eigenvalue weighted by Crippen LogP contribution is -2.26. The van der Waals surface area contributed by atoms with E-state index in [1.165, 1.54) is 12.8 Å². The third-order valence-corrected chi connectivity index (χ3v) is 5.96. The highest BCUT2D eigenvalue weighted by atomic mass is 35.7. The van der Waals surface area contributed by atoms with Gasteiger partial charge in [0.1, 0.15) is 0 Å². The van der Waals surface area contributed by atoms with Gasteiger partial charge in [0.25, 0.3) is 0 Å². The van der Waals surface area contributed by atoms with E-state index in [0.29, 0.717) is 5.92 Å². The summed E-state index contributed by atoms with van der Waals surface area (Å²) >= 11 is 0. The number of hydrogen-bond acceptors (Lipinski definition) is 2. The monoisotopic (exact) mass is 208 g/mol. The Morgan fingerprint density at radius 3 is 2.00 bits per heavy atom. The highest BCUT2D eigenvalue weighted by molar-refractivity contribution is 8.15. The first-order chi connectivity index (χ1) is 5.56. The summed E-state index contributed by atoms with van der Waals surface area (Å²) in [6.45, 7) is 0. The molecule has 0 unspecified atom stereocenters. The van der Waals surface area contributed by atoms with Crippen molar-refractivity contribution in [1.29, 1.82) is 0 Å².